The Bertz CT molecular complexity index is 368. The van der Waals surface area contributed by atoms with Gasteiger partial charge in [0.05, 0.1) is 5.02 Å². The number of oxime groups is 1. The minimum absolute atomic E-state index is 0.0343. The molecule has 0 unspecified atom stereocenters. The van der Waals surface area contributed by atoms with Crippen LogP contribution in [0.2, 0.25) is 5.02 Å². The van der Waals surface area contributed by atoms with Gasteiger partial charge in [0.15, 0.2) is 5.84 Å². The molecule has 1 aromatic carbocycles. The first-order valence-electron chi connectivity index (χ1n) is 4.59. The Kier molecular flexibility index (Phi) is 4.78. The molecule has 0 spiro atoms. The van der Waals surface area contributed by atoms with Gasteiger partial charge in [-0.25, -0.2) is 0 Å². The lowest BCUT2D eigenvalue weighted by Gasteiger charge is -2.05. The molecule has 15 heavy (non-hydrogen) atoms. The van der Waals surface area contributed by atoms with Crippen LogP contribution in [0.3, 0.4) is 0 Å². The van der Waals surface area contributed by atoms with Gasteiger partial charge in [0.2, 0.25) is 0 Å². The van der Waals surface area contributed by atoms with Crippen LogP contribution in [0.25, 0.3) is 0 Å². The van der Waals surface area contributed by atoms with Gasteiger partial charge in [-0.05, 0) is 30.4 Å². The number of rotatable bonds is 4. The summed E-state index contributed by atoms with van der Waals surface area (Å²) in [5.41, 5.74) is 6.01. The molecule has 3 N–H and O–H groups in total. The highest BCUT2D eigenvalue weighted by Crippen LogP contribution is 2.25. The predicted molar refractivity (Wildman–Crippen MR) is 65.0 cm³/mol. The van der Waals surface area contributed by atoms with Crippen molar-refractivity contribution in [1.29, 1.82) is 0 Å². The molecule has 0 saturated heterocycles. The summed E-state index contributed by atoms with van der Waals surface area (Å²) < 4.78 is 0. The summed E-state index contributed by atoms with van der Waals surface area (Å²) in [5.74, 6) is 1.09. The number of thioether (sulfide) groups is 1. The molecule has 0 aliphatic rings. The summed E-state index contributed by atoms with van der Waals surface area (Å²) >= 11 is 7.73. The maximum atomic E-state index is 8.52. The zero-order valence-electron chi connectivity index (χ0n) is 8.40. The Morgan fingerprint density at radius 2 is 2.33 bits per heavy atom. The lowest BCUT2D eigenvalue weighted by atomic mass is 10.2. The van der Waals surface area contributed by atoms with Gasteiger partial charge in [-0.15, -0.1) is 11.8 Å². The van der Waals surface area contributed by atoms with Crippen LogP contribution in [0, 0.1) is 0 Å². The lowest BCUT2D eigenvalue weighted by molar-refractivity contribution is 0.318. The summed E-state index contributed by atoms with van der Waals surface area (Å²) in [4.78, 5) is 1.09. The van der Waals surface area contributed by atoms with Crippen molar-refractivity contribution in [3.63, 3.8) is 0 Å². The molecule has 1 rings (SSSR count). The maximum Gasteiger partial charge on any atom is 0.171 e. The van der Waals surface area contributed by atoms with Crippen LogP contribution in [-0.2, 0) is 0 Å². The van der Waals surface area contributed by atoms with Crippen LogP contribution < -0.4 is 5.73 Å². The van der Waals surface area contributed by atoms with E-state index in [0.29, 0.717) is 10.6 Å². The lowest BCUT2D eigenvalue weighted by Crippen LogP contribution is -2.13. The molecule has 0 aliphatic carbocycles. The summed E-state index contributed by atoms with van der Waals surface area (Å²) in [6.07, 6.45) is 1.12. The van der Waals surface area contributed by atoms with Crippen molar-refractivity contribution < 1.29 is 5.21 Å². The monoisotopic (exact) mass is 244 g/mol. The Balaban J connectivity index is 2.88. The second kappa shape index (κ2) is 5.88. The van der Waals surface area contributed by atoms with E-state index in [0.717, 1.165) is 17.1 Å². The summed E-state index contributed by atoms with van der Waals surface area (Å²) in [6.45, 7) is 2.12. The molecular weight excluding hydrogens is 232 g/mol. The second-order valence-corrected chi connectivity index (χ2v) is 4.55. The molecule has 0 atom stereocenters. The van der Waals surface area contributed by atoms with E-state index >= 15 is 0 Å². The highest BCUT2D eigenvalue weighted by Gasteiger charge is 2.06. The molecule has 3 nitrogen and oxygen atoms in total. The van der Waals surface area contributed by atoms with Crippen LogP contribution in [0.4, 0.5) is 0 Å². The van der Waals surface area contributed by atoms with Crippen LogP contribution in [0.5, 0.6) is 0 Å². The Morgan fingerprint density at radius 1 is 1.60 bits per heavy atom. The van der Waals surface area contributed by atoms with Gasteiger partial charge in [-0.1, -0.05) is 23.7 Å². The highest BCUT2D eigenvalue weighted by atomic mass is 35.5. The highest BCUT2D eigenvalue weighted by molar-refractivity contribution is 7.99. The Hall–Kier alpha value is -0.870. The summed E-state index contributed by atoms with van der Waals surface area (Å²) in [6, 6.07) is 5.50. The normalized spacial score (nSPS) is 11.7. The van der Waals surface area contributed by atoms with E-state index in [1.165, 1.54) is 0 Å². The van der Waals surface area contributed by atoms with Gasteiger partial charge >= 0.3 is 0 Å². The van der Waals surface area contributed by atoms with Crippen molar-refractivity contribution >= 4 is 29.2 Å². The number of halogens is 1. The number of nitrogens with two attached hydrogens (primary N) is 1. The standard InChI is InChI=1S/C10H13ClN2OS/c1-2-5-15-7-3-4-8(9(11)6-7)10(12)13-14/h3-4,6,14H,2,5H2,1H3,(H2,12,13). The summed E-state index contributed by atoms with van der Waals surface area (Å²) in [5, 5.41) is 11.9. The van der Waals surface area contributed by atoms with Crippen molar-refractivity contribution in [2.24, 2.45) is 10.9 Å². The van der Waals surface area contributed by atoms with E-state index < -0.39 is 0 Å². The fourth-order valence-electron chi connectivity index (χ4n) is 1.07. The van der Waals surface area contributed by atoms with Gasteiger partial charge in [0, 0.05) is 10.5 Å². The largest absolute Gasteiger partial charge is 0.409 e. The number of hydrogen-bond donors (Lipinski definition) is 2. The third-order valence-corrected chi connectivity index (χ3v) is 3.31. The molecule has 0 amide bonds. The molecule has 1 aromatic rings. The summed E-state index contributed by atoms with van der Waals surface area (Å²) in [7, 11) is 0. The Labute approximate surface area is 98.3 Å². The predicted octanol–water partition coefficient (Wildman–Crippen LogP) is 2.94. The van der Waals surface area contributed by atoms with E-state index in [-0.39, 0.29) is 5.84 Å². The first-order valence-corrected chi connectivity index (χ1v) is 5.95. The van der Waals surface area contributed by atoms with Crippen molar-refractivity contribution in [1.82, 2.24) is 0 Å². The van der Waals surface area contributed by atoms with Gasteiger partial charge in [0.25, 0.3) is 0 Å². The van der Waals surface area contributed by atoms with Crippen molar-refractivity contribution in [2.45, 2.75) is 18.2 Å². The Morgan fingerprint density at radius 3 is 2.87 bits per heavy atom. The third-order valence-electron chi connectivity index (χ3n) is 1.80. The SMILES string of the molecule is CCCSc1ccc(C(N)=NO)c(Cl)c1. The first kappa shape index (κ1) is 12.2. The van der Waals surface area contributed by atoms with Crippen molar-refractivity contribution in [2.75, 3.05) is 5.75 Å². The molecule has 0 saturated carbocycles. The first-order chi connectivity index (χ1) is 7.19. The van der Waals surface area contributed by atoms with Crippen LogP contribution in [0.1, 0.15) is 18.9 Å². The topological polar surface area (TPSA) is 58.6 Å². The van der Waals surface area contributed by atoms with Gasteiger partial charge in [-0.2, -0.15) is 0 Å². The molecule has 0 fully saturated rings. The van der Waals surface area contributed by atoms with E-state index in [4.69, 9.17) is 22.5 Å². The van der Waals surface area contributed by atoms with Crippen molar-refractivity contribution in [3.8, 4) is 0 Å². The van der Waals surface area contributed by atoms with Crippen molar-refractivity contribution in [3.05, 3.63) is 28.8 Å². The van der Waals surface area contributed by atoms with Crippen LogP contribution >= 0.6 is 23.4 Å². The van der Waals surface area contributed by atoms with E-state index in [1.54, 1.807) is 17.8 Å². The molecule has 5 heteroatoms. The zero-order valence-corrected chi connectivity index (χ0v) is 9.98. The van der Waals surface area contributed by atoms with E-state index in [1.807, 2.05) is 12.1 Å². The number of benzene rings is 1. The molecule has 0 radical (unpaired) electrons. The smallest absolute Gasteiger partial charge is 0.171 e. The van der Waals surface area contributed by atoms with Gasteiger partial charge in [0.1, 0.15) is 0 Å². The molecule has 0 aliphatic heterocycles. The second-order valence-electron chi connectivity index (χ2n) is 2.98. The molecule has 0 heterocycles. The average Bonchev–Trinajstić information content (AvgIpc) is 2.25. The van der Waals surface area contributed by atoms with Crippen LogP contribution in [0.15, 0.2) is 28.3 Å². The minimum Gasteiger partial charge on any atom is -0.409 e. The number of nitrogens with zero attached hydrogens (tertiary/aromatic N) is 1. The van der Waals surface area contributed by atoms with Crippen LogP contribution in [-0.4, -0.2) is 16.8 Å². The van der Waals surface area contributed by atoms with E-state index in [9.17, 15) is 0 Å². The molecule has 0 aromatic heterocycles. The quantitative estimate of drug-likeness (QED) is 0.282. The fraction of sp³-hybridized carbons (Fsp3) is 0.300. The third kappa shape index (κ3) is 3.32. The average molecular weight is 245 g/mol. The van der Waals surface area contributed by atoms with E-state index in [2.05, 4.69) is 12.1 Å². The maximum absolute atomic E-state index is 8.52. The number of hydrogen-bond acceptors (Lipinski definition) is 3. The van der Waals surface area contributed by atoms with Gasteiger partial charge < -0.3 is 10.9 Å². The molecular formula is C10H13ClN2OS. The number of amidine groups is 1. The zero-order chi connectivity index (χ0) is 11.3. The fourth-order valence-corrected chi connectivity index (χ4v) is 2.21. The molecule has 82 valence electrons. The molecule has 0 bridgehead atoms. The van der Waals surface area contributed by atoms with Gasteiger partial charge in [-0.3, -0.25) is 0 Å². The minimum atomic E-state index is 0.0343.